The van der Waals surface area contributed by atoms with Crippen LogP contribution in [0.4, 0.5) is 34.1 Å². The molecular formula is C73H46N8. The highest BCUT2D eigenvalue weighted by molar-refractivity contribution is 6.12. The van der Waals surface area contributed by atoms with E-state index in [1.165, 1.54) is 0 Å². The molecule has 13 rings (SSSR count). The third-order valence-corrected chi connectivity index (χ3v) is 14.7. The molecule has 0 aliphatic heterocycles. The van der Waals surface area contributed by atoms with Crippen molar-refractivity contribution < 1.29 is 0 Å². The number of hydrogen-bond acceptors (Lipinski definition) is 7. The fourth-order valence-electron chi connectivity index (χ4n) is 10.7. The van der Waals surface area contributed by atoms with E-state index in [2.05, 4.69) is 196 Å². The molecule has 81 heavy (non-hydrogen) atoms. The Morgan fingerprint density at radius 3 is 1.14 bits per heavy atom. The van der Waals surface area contributed by atoms with Crippen LogP contribution in [0.3, 0.4) is 0 Å². The average molecular weight is 1040 g/mol. The van der Waals surface area contributed by atoms with E-state index in [0.29, 0.717) is 28.2 Å². The van der Waals surface area contributed by atoms with Crippen molar-refractivity contribution in [3.8, 4) is 80.1 Å². The second-order valence-electron chi connectivity index (χ2n) is 19.6. The third kappa shape index (κ3) is 9.57. The molecule has 11 aromatic carbocycles. The summed E-state index contributed by atoms with van der Waals surface area (Å²) in [5, 5.41) is 31.8. The minimum atomic E-state index is 0.519. The normalized spacial score (nSPS) is 10.9. The van der Waals surface area contributed by atoms with Crippen LogP contribution in [0.15, 0.2) is 279 Å². The predicted octanol–water partition coefficient (Wildman–Crippen LogP) is 18.5. The summed E-state index contributed by atoms with van der Waals surface area (Å²) in [7, 11) is 0. The first kappa shape index (κ1) is 49.0. The molecule has 0 N–H and O–H groups in total. The predicted molar refractivity (Wildman–Crippen MR) is 327 cm³/mol. The van der Waals surface area contributed by atoms with Crippen LogP contribution >= 0.6 is 0 Å². The van der Waals surface area contributed by atoms with Gasteiger partial charge in [0.2, 0.25) is 0 Å². The van der Waals surface area contributed by atoms with Gasteiger partial charge in [0.05, 0.1) is 57.3 Å². The molecule has 2 heterocycles. The Bertz CT molecular complexity index is 4260. The monoisotopic (exact) mass is 1030 g/mol. The fraction of sp³-hybridized carbons (Fsp3) is 0. The van der Waals surface area contributed by atoms with E-state index in [1.54, 1.807) is 24.3 Å². The van der Waals surface area contributed by atoms with Crippen LogP contribution in [0.25, 0.3) is 83.6 Å². The topological polar surface area (TPSA) is 109 Å². The molecular weight excluding hydrogens is 989 g/mol. The number of rotatable bonds is 12. The minimum Gasteiger partial charge on any atom is -0.310 e. The second-order valence-corrected chi connectivity index (χ2v) is 19.6. The molecule has 13 aromatic rings. The lowest BCUT2D eigenvalue weighted by Gasteiger charge is -2.26. The van der Waals surface area contributed by atoms with Crippen molar-refractivity contribution in [2.45, 2.75) is 0 Å². The Kier molecular flexibility index (Phi) is 12.9. The number of benzene rings is 11. The molecule has 0 aliphatic rings. The van der Waals surface area contributed by atoms with Crippen molar-refractivity contribution in [1.82, 2.24) is 14.5 Å². The van der Waals surface area contributed by atoms with Crippen LogP contribution in [0.5, 0.6) is 0 Å². The Balaban J connectivity index is 0.856. The third-order valence-electron chi connectivity index (χ3n) is 14.7. The Hall–Kier alpha value is -11.6. The molecule has 0 saturated heterocycles. The summed E-state index contributed by atoms with van der Waals surface area (Å²) in [6, 6.07) is 102. The van der Waals surface area contributed by atoms with Crippen molar-refractivity contribution in [2.24, 2.45) is 0 Å². The Morgan fingerprint density at radius 2 is 0.704 bits per heavy atom. The molecule has 0 spiro atoms. The maximum atomic E-state index is 10.7. The van der Waals surface area contributed by atoms with E-state index >= 15 is 0 Å². The van der Waals surface area contributed by atoms with Gasteiger partial charge in [0, 0.05) is 67.3 Å². The van der Waals surface area contributed by atoms with Gasteiger partial charge in [-0.05, 0) is 168 Å². The molecule has 0 fully saturated rings. The van der Waals surface area contributed by atoms with Gasteiger partial charge in [-0.3, -0.25) is 0 Å². The molecule has 0 aliphatic carbocycles. The average Bonchev–Trinajstić information content (AvgIpc) is 4.14. The quantitative estimate of drug-likeness (QED) is 0.120. The largest absolute Gasteiger partial charge is 0.310 e. The zero-order valence-corrected chi connectivity index (χ0v) is 43.6. The first-order chi connectivity index (χ1) is 40.0. The van der Waals surface area contributed by atoms with Crippen molar-refractivity contribution in [3.05, 3.63) is 296 Å². The molecule has 8 heteroatoms. The SMILES string of the molecule is N#Cc1ccc(-c2cc(-c3ccc(-c4ccc(-c5ccc(-n6c7ccc(N(c8ccccc8)c8ccccc8)cc7c7cc(N(c8ccccc8)c8ccccc8)ccc76)cc5)c(C#N)c4)cc3)nc(-c3ccc(C#N)cc3)n2)cc1. The zero-order valence-electron chi connectivity index (χ0n) is 43.6. The van der Waals surface area contributed by atoms with E-state index in [4.69, 9.17) is 9.97 Å². The Morgan fingerprint density at radius 1 is 0.309 bits per heavy atom. The lowest BCUT2D eigenvalue weighted by atomic mass is 9.94. The first-order valence-corrected chi connectivity index (χ1v) is 26.5. The highest BCUT2D eigenvalue weighted by atomic mass is 15.1. The van der Waals surface area contributed by atoms with Gasteiger partial charge in [-0.15, -0.1) is 0 Å². The molecule has 0 bridgehead atoms. The number of nitrogens with zero attached hydrogens (tertiary/aromatic N) is 8. The lowest BCUT2D eigenvalue weighted by Crippen LogP contribution is -2.09. The van der Waals surface area contributed by atoms with Gasteiger partial charge in [-0.25, -0.2) is 9.97 Å². The molecule has 0 saturated carbocycles. The number of anilines is 6. The van der Waals surface area contributed by atoms with Gasteiger partial charge < -0.3 is 14.4 Å². The molecule has 378 valence electrons. The Labute approximate surface area is 469 Å². The van der Waals surface area contributed by atoms with Gasteiger partial charge in [-0.2, -0.15) is 15.8 Å². The van der Waals surface area contributed by atoms with Gasteiger partial charge in [0.1, 0.15) is 0 Å². The van der Waals surface area contributed by atoms with E-state index < -0.39 is 0 Å². The van der Waals surface area contributed by atoms with Crippen LogP contribution < -0.4 is 9.80 Å². The number of para-hydroxylation sites is 4. The highest BCUT2D eigenvalue weighted by Gasteiger charge is 2.21. The summed E-state index contributed by atoms with van der Waals surface area (Å²) >= 11 is 0. The van der Waals surface area contributed by atoms with Crippen LogP contribution in [-0.2, 0) is 0 Å². The van der Waals surface area contributed by atoms with Crippen molar-refractivity contribution in [2.75, 3.05) is 9.80 Å². The molecule has 8 nitrogen and oxygen atoms in total. The standard InChI is InChI=1S/C73H46N8/c74-47-50-21-25-54(26-22-50)69-46-70(78-73(77-69)56-27-23-51(48-75)24-28-56)55-31-29-52(30-32-55)57-35-40-66(58(43-57)49-76)53-33-36-63(37-34-53)81-71-41-38-64(79(59-13-5-1-6-14-59)60-15-7-2-8-16-60)44-67(71)68-45-65(39-42-72(68)81)80(61-17-9-3-10-18-61)62-19-11-4-12-20-62/h1-46H. The van der Waals surface area contributed by atoms with Crippen molar-refractivity contribution in [3.63, 3.8) is 0 Å². The smallest absolute Gasteiger partial charge is 0.160 e. The van der Waals surface area contributed by atoms with Crippen LogP contribution in [-0.4, -0.2) is 14.5 Å². The van der Waals surface area contributed by atoms with Crippen molar-refractivity contribution >= 4 is 55.9 Å². The second kappa shape index (κ2) is 21.4. The van der Waals surface area contributed by atoms with Crippen LogP contribution in [0, 0.1) is 34.0 Å². The van der Waals surface area contributed by atoms with Gasteiger partial charge in [0.15, 0.2) is 5.82 Å². The number of nitriles is 3. The van der Waals surface area contributed by atoms with E-state index in [1.807, 2.05) is 91.0 Å². The summed E-state index contributed by atoms with van der Waals surface area (Å²) < 4.78 is 2.34. The minimum absolute atomic E-state index is 0.519. The maximum absolute atomic E-state index is 10.7. The number of aromatic nitrogens is 3. The van der Waals surface area contributed by atoms with Gasteiger partial charge in [-0.1, -0.05) is 133 Å². The van der Waals surface area contributed by atoms with Gasteiger partial charge >= 0.3 is 0 Å². The van der Waals surface area contributed by atoms with Gasteiger partial charge in [0.25, 0.3) is 0 Å². The van der Waals surface area contributed by atoms with Crippen molar-refractivity contribution in [1.29, 1.82) is 15.8 Å². The number of fused-ring (bicyclic) bond motifs is 3. The molecule has 0 atom stereocenters. The summed E-state index contributed by atoms with van der Waals surface area (Å²) in [6.45, 7) is 0. The summed E-state index contributed by atoms with van der Waals surface area (Å²) in [6.07, 6.45) is 0. The molecule has 2 aromatic heterocycles. The maximum Gasteiger partial charge on any atom is 0.160 e. The van der Waals surface area contributed by atoms with Crippen LogP contribution in [0.2, 0.25) is 0 Å². The molecule has 0 amide bonds. The zero-order chi connectivity index (χ0) is 54.7. The van der Waals surface area contributed by atoms with E-state index in [-0.39, 0.29) is 0 Å². The number of hydrogen-bond donors (Lipinski definition) is 0. The summed E-state index contributed by atoms with van der Waals surface area (Å²) in [5.41, 5.74) is 18.7. The lowest BCUT2D eigenvalue weighted by molar-refractivity contribution is 1.18. The molecule has 0 radical (unpaired) electrons. The van der Waals surface area contributed by atoms with E-state index in [0.717, 1.165) is 106 Å². The molecule has 0 unspecified atom stereocenters. The highest BCUT2D eigenvalue weighted by Crippen LogP contribution is 2.43. The van der Waals surface area contributed by atoms with E-state index in [9.17, 15) is 15.8 Å². The first-order valence-electron chi connectivity index (χ1n) is 26.5. The fourth-order valence-corrected chi connectivity index (χ4v) is 10.7. The summed E-state index contributed by atoms with van der Waals surface area (Å²) in [5.74, 6) is 0.519. The summed E-state index contributed by atoms with van der Waals surface area (Å²) in [4.78, 5) is 14.5. The van der Waals surface area contributed by atoms with Crippen LogP contribution in [0.1, 0.15) is 16.7 Å².